The summed E-state index contributed by atoms with van der Waals surface area (Å²) in [5.74, 6) is -0.830. The van der Waals surface area contributed by atoms with Crippen LogP contribution in [0.15, 0.2) is 18.2 Å². The average molecular weight is 266 g/mol. The van der Waals surface area contributed by atoms with E-state index >= 15 is 0 Å². The van der Waals surface area contributed by atoms with E-state index in [-0.39, 0.29) is 11.5 Å². The number of halogens is 1. The van der Waals surface area contributed by atoms with Crippen molar-refractivity contribution in [3.05, 3.63) is 35.1 Å². The van der Waals surface area contributed by atoms with Crippen LogP contribution >= 0.6 is 0 Å². The highest BCUT2D eigenvalue weighted by molar-refractivity contribution is 5.94. The lowest BCUT2D eigenvalue weighted by molar-refractivity contribution is 0.0383. The SMILES string of the molecule is Cc1ccc(F)c(C(=O)NCCN2CCOCC2)c1. The first-order valence-electron chi connectivity index (χ1n) is 6.51. The van der Waals surface area contributed by atoms with Crippen molar-refractivity contribution >= 4 is 5.91 Å². The first-order valence-corrected chi connectivity index (χ1v) is 6.51. The highest BCUT2D eigenvalue weighted by Gasteiger charge is 2.13. The zero-order valence-corrected chi connectivity index (χ0v) is 11.1. The fourth-order valence-electron chi connectivity index (χ4n) is 2.06. The Morgan fingerprint density at radius 2 is 2.16 bits per heavy atom. The van der Waals surface area contributed by atoms with Crippen molar-refractivity contribution in [3.8, 4) is 0 Å². The first kappa shape index (κ1) is 14.0. The van der Waals surface area contributed by atoms with Gasteiger partial charge in [0.2, 0.25) is 0 Å². The van der Waals surface area contributed by atoms with Gasteiger partial charge in [0, 0.05) is 26.2 Å². The lowest BCUT2D eigenvalue weighted by Crippen LogP contribution is -2.41. The largest absolute Gasteiger partial charge is 0.379 e. The molecule has 0 saturated carbocycles. The highest BCUT2D eigenvalue weighted by atomic mass is 19.1. The van der Waals surface area contributed by atoms with Crippen molar-refractivity contribution in [2.45, 2.75) is 6.92 Å². The van der Waals surface area contributed by atoms with Gasteiger partial charge in [-0.25, -0.2) is 4.39 Å². The zero-order valence-electron chi connectivity index (χ0n) is 11.1. The summed E-state index contributed by atoms with van der Waals surface area (Å²) < 4.78 is 18.8. The van der Waals surface area contributed by atoms with Crippen LogP contribution in [0.25, 0.3) is 0 Å². The summed E-state index contributed by atoms with van der Waals surface area (Å²) in [4.78, 5) is 14.1. The normalized spacial score (nSPS) is 16.3. The van der Waals surface area contributed by atoms with E-state index < -0.39 is 5.82 Å². The Balaban J connectivity index is 1.82. The molecule has 1 aromatic rings. The minimum Gasteiger partial charge on any atom is -0.379 e. The summed E-state index contributed by atoms with van der Waals surface area (Å²) in [6, 6.07) is 4.55. The maximum atomic E-state index is 13.5. The van der Waals surface area contributed by atoms with Crippen LogP contribution in [0, 0.1) is 12.7 Å². The molecule has 4 nitrogen and oxygen atoms in total. The van der Waals surface area contributed by atoms with Gasteiger partial charge in [-0.2, -0.15) is 0 Å². The molecule has 0 unspecified atom stereocenters. The number of hydrogen-bond acceptors (Lipinski definition) is 3. The Kier molecular flexibility index (Phi) is 4.87. The molecule has 19 heavy (non-hydrogen) atoms. The molecule has 1 heterocycles. The number of benzene rings is 1. The van der Waals surface area contributed by atoms with Gasteiger partial charge in [-0.1, -0.05) is 11.6 Å². The van der Waals surface area contributed by atoms with Gasteiger partial charge in [0.25, 0.3) is 5.91 Å². The van der Waals surface area contributed by atoms with Crippen LogP contribution in [0.3, 0.4) is 0 Å². The van der Waals surface area contributed by atoms with Crippen LogP contribution in [-0.4, -0.2) is 50.2 Å². The average Bonchev–Trinajstić information content (AvgIpc) is 2.42. The van der Waals surface area contributed by atoms with Crippen molar-refractivity contribution in [1.82, 2.24) is 10.2 Å². The van der Waals surface area contributed by atoms with E-state index in [1.165, 1.54) is 6.07 Å². The molecule has 1 saturated heterocycles. The summed E-state index contributed by atoms with van der Waals surface area (Å²) in [7, 11) is 0. The molecule has 0 aromatic heterocycles. The van der Waals surface area contributed by atoms with Gasteiger partial charge in [0.15, 0.2) is 0 Å². The van der Waals surface area contributed by atoms with Crippen LogP contribution in [0.5, 0.6) is 0 Å². The fourth-order valence-corrected chi connectivity index (χ4v) is 2.06. The second-order valence-corrected chi connectivity index (χ2v) is 4.69. The zero-order chi connectivity index (χ0) is 13.7. The van der Waals surface area contributed by atoms with E-state index in [1.54, 1.807) is 12.1 Å². The number of nitrogens with one attached hydrogen (secondary N) is 1. The van der Waals surface area contributed by atoms with Crippen LogP contribution in [-0.2, 0) is 4.74 Å². The summed E-state index contributed by atoms with van der Waals surface area (Å²) in [6.45, 7) is 6.36. The summed E-state index contributed by atoms with van der Waals surface area (Å²) in [6.07, 6.45) is 0. The second kappa shape index (κ2) is 6.63. The smallest absolute Gasteiger partial charge is 0.254 e. The van der Waals surface area contributed by atoms with Gasteiger partial charge < -0.3 is 10.1 Å². The number of carbonyl (C=O) groups excluding carboxylic acids is 1. The molecule has 0 bridgehead atoms. The van der Waals surface area contributed by atoms with Crippen LogP contribution in [0.2, 0.25) is 0 Å². The predicted molar refractivity (Wildman–Crippen MR) is 70.7 cm³/mol. The molecule has 1 N–H and O–H groups in total. The van der Waals surface area contributed by atoms with Gasteiger partial charge in [-0.05, 0) is 19.1 Å². The minimum absolute atomic E-state index is 0.113. The molecule has 1 aliphatic heterocycles. The van der Waals surface area contributed by atoms with Gasteiger partial charge >= 0.3 is 0 Å². The van der Waals surface area contributed by atoms with E-state index in [2.05, 4.69) is 10.2 Å². The molecule has 1 amide bonds. The maximum Gasteiger partial charge on any atom is 0.254 e. The number of nitrogens with zero attached hydrogens (tertiary/aromatic N) is 1. The fraction of sp³-hybridized carbons (Fsp3) is 0.500. The number of aryl methyl sites for hydroxylation is 1. The minimum atomic E-state index is -0.477. The number of amides is 1. The molecule has 2 rings (SSSR count). The Hall–Kier alpha value is -1.46. The first-order chi connectivity index (χ1) is 9.16. The third kappa shape index (κ3) is 4.01. The highest BCUT2D eigenvalue weighted by Crippen LogP contribution is 2.09. The molecular formula is C14H19FN2O2. The molecule has 0 aliphatic carbocycles. The van der Waals surface area contributed by atoms with Crippen LogP contribution < -0.4 is 5.32 Å². The van der Waals surface area contributed by atoms with Gasteiger partial charge in [-0.3, -0.25) is 9.69 Å². The molecule has 104 valence electrons. The van der Waals surface area contributed by atoms with Crippen molar-refractivity contribution in [2.75, 3.05) is 39.4 Å². The van der Waals surface area contributed by atoms with Crippen LogP contribution in [0.4, 0.5) is 4.39 Å². The van der Waals surface area contributed by atoms with Gasteiger partial charge in [0.05, 0.1) is 18.8 Å². The van der Waals surface area contributed by atoms with E-state index in [9.17, 15) is 9.18 Å². The van der Waals surface area contributed by atoms with E-state index in [0.29, 0.717) is 6.54 Å². The number of carbonyl (C=O) groups is 1. The maximum absolute atomic E-state index is 13.5. The molecule has 0 spiro atoms. The van der Waals surface area contributed by atoms with Crippen molar-refractivity contribution in [2.24, 2.45) is 0 Å². The van der Waals surface area contributed by atoms with E-state index in [4.69, 9.17) is 4.74 Å². The third-order valence-electron chi connectivity index (χ3n) is 3.18. The Morgan fingerprint density at radius 3 is 2.89 bits per heavy atom. The molecular weight excluding hydrogens is 247 g/mol. The summed E-state index contributed by atoms with van der Waals surface area (Å²) in [5.41, 5.74) is 0.988. The third-order valence-corrected chi connectivity index (χ3v) is 3.18. The number of hydrogen-bond donors (Lipinski definition) is 1. The Bertz CT molecular complexity index is 445. The van der Waals surface area contributed by atoms with Crippen molar-refractivity contribution < 1.29 is 13.9 Å². The lowest BCUT2D eigenvalue weighted by Gasteiger charge is -2.26. The monoisotopic (exact) mass is 266 g/mol. The lowest BCUT2D eigenvalue weighted by atomic mass is 10.1. The molecule has 1 fully saturated rings. The Morgan fingerprint density at radius 1 is 1.42 bits per heavy atom. The quantitative estimate of drug-likeness (QED) is 0.890. The molecule has 0 atom stereocenters. The van der Waals surface area contributed by atoms with E-state index in [0.717, 1.165) is 38.4 Å². The summed E-state index contributed by atoms with van der Waals surface area (Å²) >= 11 is 0. The number of rotatable bonds is 4. The molecule has 1 aromatic carbocycles. The molecule has 1 aliphatic rings. The van der Waals surface area contributed by atoms with Crippen molar-refractivity contribution in [3.63, 3.8) is 0 Å². The predicted octanol–water partition coefficient (Wildman–Crippen LogP) is 1.20. The van der Waals surface area contributed by atoms with E-state index in [1.807, 2.05) is 6.92 Å². The van der Waals surface area contributed by atoms with Crippen LogP contribution in [0.1, 0.15) is 15.9 Å². The molecule has 0 radical (unpaired) electrons. The number of ether oxygens (including phenoxy) is 1. The second-order valence-electron chi connectivity index (χ2n) is 4.69. The van der Waals surface area contributed by atoms with Gasteiger partial charge in [0.1, 0.15) is 5.82 Å². The molecule has 5 heteroatoms. The summed E-state index contributed by atoms with van der Waals surface area (Å²) in [5, 5.41) is 2.75. The Labute approximate surface area is 112 Å². The standard InChI is InChI=1S/C14H19FN2O2/c1-11-2-3-13(15)12(10-11)14(18)16-4-5-17-6-8-19-9-7-17/h2-3,10H,4-9H2,1H3,(H,16,18). The topological polar surface area (TPSA) is 41.6 Å². The number of morpholine rings is 1. The van der Waals surface area contributed by atoms with Gasteiger partial charge in [-0.15, -0.1) is 0 Å². The van der Waals surface area contributed by atoms with Crippen molar-refractivity contribution in [1.29, 1.82) is 0 Å².